The van der Waals surface area contributed by atoms with Crippen molar-refractivity contribution in [3.05, 3.63) is 5.89 Å². The molecule has 2 heterocycles. The quantitative estimate of drug-likeness (QED) is 0.718. The second-order valence-electron chi connectivity index (χ2n) is 4.87. The Morgan fingerprint density at radius 3 is 2.17 bits per heavy atom. The molecule has 1 aliphatic rings. The Morgan fingerprint density at radius 2 is 1.83 bits per heavy atom. The van der Waals surface area contributed by atoms with Gasteiger partial charge in [-0.1, -0.05) is 34.8 Å². The minimum Gasteiger partial charge on any atom is -0.475 e. The van der Waals surface area contributed by atoms with Gasteiger partial charge in [-0.25, -0.2) is 4.79 Å². The highest BCUT2D eigenvalue weighted by Gasteiger charge is 2.38. The van der Waals surface area contributed by atoms with Crippen molar-refractivity contribution in [2.75, 3.05) is 24.5 Å². The van der Waals surface area contributed by atoms with Gasteiger partial charge in [0.2, 0.25) is 0 Å². The molecule has 1 fully saturated rings. The summed E-state index contributed by atoms with van der Waals surface area (Å²) in [5, 5.41) is 10.9. The fourth-order valence-corrected chi connectivity index (χ4v) is 2.06. The van der Waals surface area contributed by atoms with Crippen molar-refractivity contribution in [3.8, 4) is 0 Å². The molecule has 1 saturated heterocycles. The van der Waals surface area contributed by atoms with Crippen LogP contribution in [0.25, 0.3) is 0 Å². The lowest BCUT2D eigenvalue weighted by Gasteiger charge is -2.30. The number of nitrogens with zero attached hydrogens (tertiary/aromatic N) is 3. The summed E-state index contributed by atoms with van der Waals surface area (Å²) in [6.07, 6.45) is -3.04. The molecule has 13 heteroatoms. The zero-order chi connectivity index (χ0) is 18.5. The summed E-state index contributed by atoms with van der Waals surface area (Å²) in [4.78, 5) is 15.0. The Kier molecular flexibility index (Phi) is 7.39. The van der Waals surface area contributed by atoms with Gasteiger partial charge in [0.25, 0.3) is 15.6 Å². The third-order valence-electron chi connectivity index (χ3n) is 3.13. The first kappa shape index (κ1) is 21.1. The van der Waals surface area contributed by atoms with Crippen LogP contribution in [0.4, 0.5) is 19.1 Å². The summed E-state index contributed by atoms with van der Waals surface area (Å²) in [5.74, 6) is -1.71. The Hall–Kier alpha value is -0.970. The SMILES string of the molecule is NCC1CCN(c2noc(C(Cl)(Cl)Cl)n2)CC1.O=C(O)C(F)(F)F. The van der Waals surface area contributed by atoms with Crippen LogP contribution in [0.3, 0.4) is 0 Å². The van der Waals surface area contributed by atoms with Gasteiger partial charge >= 0.3 is 12.1 Å². The fraction of sp³-hybridized carbons (Fsp3) is 0.727. The average molecular weight is 414 g/mol. The van der Waals surface area contributed by atoms with E-state index in [2.05, 4.69) is 10.1 Å². The number of piperidine rings is 1. The highest BCUT2D eigenvalue weighted by Crippen LogP contribution is 2.37. The summed E-state index contributed by atoms with van der Waals surface area (Å²) in [6.45, 7) is 2.42. The highest BCUT2D eigenvalue weighted by atomic mass is 35.6. The lowest BCUT2D eigenvalue weighted by molar-refractivity contribution is -0.192. The zero-order valence-electron chi connectivity index (χ0n) is 12.1. The number of alkyl halides is 6. The van der Waals surface area contributed by atoms with Crippen LogP contribution < -0.4 is 10.6 Å². The monoisotopic (exact) mass is 412 g/mol. The van der Waals surface area contributed by atoms with Gasteiger partial charge in [-0.2, -0.15) is 18.2 Å². The molecule has 1 aliphatic heterocycles. The summed E-state index contributed by atoms with van der Waals surface area (Å²) in [5.41, 5.74) is 5.63. The normalized spacial score (nSPS) is 16.5. The number of carboxylic acid groups (broad SMARTS) is 1. The Balaban J connectivity index is 0.000000351. The van der Waals surface area contributed by atoms with Gasteiger partial charge in [0.15, 0.2) is 0 Å². The molecule has 0 spiro atoms. The number of hydrogen-bond acceptors (Lipinski definition) is 6. The molecule has 0 amide bonds. The summed E-state index contributed by atoms with van der Waals surface area (Å²) in [7, 11) is 0. The molecule has 1 aromatic rings. The molecule has 0 bridgehead atoms. The second-order valence-corrected chi connectivity index (χ2v) is 7.15. The number of nitrogens with two attached hydrogens (primary N) is 1. The van der Waals surface area contributed by atoms with Crippen molar-refractivity contribution in [3.63, 3.8) is 0 Å². The number of rotatable bonds is 2. The fourth-order valence-electron chi connectivity index (χ4n) is 1.83. The van der Waals surface area contributed by atoms with Crippen molar-refractivity contribution >= 4 is 46.7 Å². The number of carbonyl (C=O) groups is 1. The van der Waals surface area contributed by atoms with E-state index in [4.69, 9.17) is 55.0 Å². The van der Waals surface area contributed by atoms with E-state index < -0.39 is 15.9 Å². The average Bonchev–Trinajstić information content (AvgIpc) is 2.97. The van der Waals surface area contributed by atoms with Gasteiger partial charge < -0.3 is 20.3 Å². The van der Waals surface area contributed by atoms with Gasteiger partial charge in [-0.3, -0.25) is 0 Å². The Labute approximate surface area is 149 Å². The van der Waals surface area contributed by atoms with Gasteiger partial charge in [0.1, 0.15) is 0 Å². The summed E-state index contributed by atoms with van der Waals surface area (Å²) in [6, 6.07) is 0. The summed E-state index contributed by atoms with van der Waals surface area (Å²) >= 11 is 17.0. The van der Waals surface area contributed by atoms with Crippen LogP contribution in [0.1, 0.15) is 18.7 Å². The van der Waals surface area contributed by atoms with Crippen LogP contribution >= 0.6 is 34.8 Å². The smallest absolute Gasteiger partial charge is 0.475 e. The lowest BCUT2D eigenvalue weighted by atomic mass is 9.97. The molecule has 0 unspecified atom stereocenters. The first-order chi connectivity index (χ1) is 10.9. The second kappa shape index (κ2) is 8.41. The number of hydrogen-bond donors (Lipinski definition) is 2. The van der Waals surface area contributed by atoms with E-state index in [0.29, 0.717) is 11.9 Å². The molecule has 7 nitrogen and oxygen atoms in total. The third-order valence-corrected chi connectivity index (χ3v) is 3.62. The lowest BCUT2D eigenvalue weighted by Crippen LogP contribution is -2.36. The van der Waals surface area contributed by atoms with E-state index in [1.165, 1.54) is 0 Å². The van der Waals surface area contributed by atoms with Gasteiger partial charge in [0.05, 0.1) is 0 Å². The molecular weight excluding hydrogens is 399 g/mol. The molecule has 0 saturated carbocycles. The minimum absolute atomic E-state index is 0.00144. The van der Waals surface area contributed by atoms with E-state index in [1.54, 1.807) is 0 Å². The largest absolute Gasteiger partial charge is 0.490 e. The summed E-state index contributed by atoms with van der Waals surface area (Å²) < 4.78 is 35.0. The molecule has 0 aromatic carbocycles. The van der Waals surface area contributed by atoms with Gasteiger partial charge in [-0.05, 0) is 30.5 Å². The van der Waals surface area contributed by atoms with Crippen molar-refractivity contribution in [2.24, 2.45) is 11.7 Å². The van der Waals surface area contributed by atoms with Crippen LogP contribution in [0.2, 0.25) is 0 Å². The van der Waals surface area contributed by atoms with E-state index in [9.17, 15) is 13.2 Å². The van der Waals surface area contributed by atoms with E-state index in [1.807, 2.05) is 4.90 Å². The molecule has 0 atom stereocenters. The van der Waals surface area contributed by atoms with Crippen molar-refractivity contribution in [1.29, 1.82) is 0 Å². The van der Waals surface area contributed by atoms with Crippen LogP contribution in [0.5, 0.6) is 0 Å². The number of halogens is 6. The van der Waals surface area contributed by atoms with Crippen LogP contribution in [-0.4, -0.2) is 47.0 Å². The maximum absolute atomic E-state index is 10.6. The standard InChI is InChI=1S/C9H13Cl3N4O.C2HF3O2/c10-9(11,12)7-14-8(15-17-7)16-3-1-6(5-13)2-4-16;3-2(4,5)1(6)7/h6H,1-5,13H2;(H,6,7). The first-order valence-electron chi connectivity index (χ1n) is 6.61. The molecular formula is C11H14Cl3F3N4O3. The van der Waals surface area contributed by atoms with Crippen molar-refractivity contribution in [2.45, 2.75) is 22.8 Å². The maximum Gasteiger partial charge on any atom is 0.490 e. The highest BCUT2D eigenvalue weighted by molar-refractivity contribution is 6.66. The van der Waals surface area contributed by atoms with E-state index >= 15 is 0 Å². The van der Waals surface area contributed by atoms with Crippen LogP contribution in [0, 0.1) is 5.92 Å². The first-order valence-corrected chi connectivity index (χ1v) is 7.74. The van der Waals surface area contributed by atoms with Crippen molar-refractivity contribution < 1.29 is 27.6 Å². The predicted octanol–water partition coefficient (Wildman–Crippen LogP) is 2.70. The van der Waals surface area contributed by atoms with Gasteiger partial charge in [-0.15, -0.1) is 0 Å². The van der Waals surface area contributed by atoms with E-state index in [0.717, 1.165) is 32.5 Å². The topological polar surface area (TPSA) is 105 Å². The Bertz CT molecular complexity index is 543. The number of aromatic nitrogens is 2. The molecule has 2 rings (SSSR count). The molecule has 0 radical (unpaired) electrons. The third kappa shape index (κ3) is 6.50. The predicted molar refractivity (Wildman–Crippen MR) is 81.2 cm³/mol. The van der Waals surface area contributed by atoms with Crippen LogP contribution in [0.15, 0.2) is 4.52 Å². The maximum atomic E-state index is 10.6. The van der Waals surface area contributed by atoms with Gasteiger partial charge in [0, 0.05) is 13.1 Å². The Morgan fingerprint density at radius 1 is 1.33 bits per heavy atom. The molecule has 138 valence electrons. The molecule has 24 heavy (non-hydrogen) atoms. The van der Waals surface area contributed by atoms with E-state index in [-0.39, 0.29) is 5.89 Å². The molecule has 1 aromatic heterocycles. The number of aliphatic carboxylic acids is 1. The molecule has 0 aliphatic carbocycles. The zero-order valence-corrected chi connectivity index (χ0v) is 14.3. The molecule has 3 N–H and O–H groups in total. The van der Waals surface area contributed by atoms with Crippen molar-refractivity contribution in [1.82, 2.24) is 10.1 Å². The number of carboxylic acids is 1. The van der Waals surface area contributed by atoms with Crippen LogP contribution in [-0.2, 0) is 8.59 Å². The number of anilines is 1. The minimum atomic E-state index is -5.08.